The van der Waals surface area contributed by atoms with E-state index in [1.54, 1.807) is 0 Å². The monoisotopic (exact) mass is 194 g/mol. The molecule has 0 amide bonds. The Kier molecular flexibility index (Phi) is 3.24. The van der Waals surface area contributed by atoms with E-state index >= 15 is 0 Å². The second-order valence-electron chi connectivity index (χ2n) is 4.92. The number of hydrogen-bond acceptors (Lipinski definition) is 2. The van der Waals surface area contributed by atoms with Gasteiger partial charge in [0.25, 0.3) is 0 Å². The standard InChI is InChI=1S/C12H22N2/c13-12(7-3-1-4-8-12)11-14-9-5-2-6-10-14/h2,5H,1,3-4,6-11,13H2. The first kappa shape index (κ1) is 10.2. The van der Waals surface area contributed by atoms with Crippen LogP contribution in [0.3, 0.4) is 0 Å². The van der Waals surface area contributed by atoms with E-state index in [9.17, 15) is 0 Å². The predicted octanol–water partition coefficient (Wildman–Crippen LogP) is 1.91. The maximum absolute atomic E-state index is 6.42. The molecule has 1 aliphatic heterocycles. The van der Waals surface area contributed by atoms with Crippen LogP contribution in [0.5, 0.6) is 0 Å². The van der Waals surface area contributed by atoms with Crippen LogP contribution in [-0.4, -0.2) is 30.1 Å². The van der Waals surface area contributed by atoms with Gasteiger partial charge in [-0.2, -0.15) is 0 Å². The maximum atomic E-state index is 6.42. The van der Waals surface area contributed by atoms with E-state index in [4.69, 9.17) is 5.73 Å². The van der Waals surface area contributed by atoms with Gasteiger partial charge in [-0.3, -0.25) is 4.90 Å². The van der Waals surface area contributed by atoms with E-state index in [0.717, 1.165) is 13.1 Å². The summed E-state index contributed by atoms with van der Waals surface area (Å²) in [4.78, 5) is 2.51. The highest BCUT2D eigenvalue weighted by atomic mass is 15.1. The highest BCUT2D eigenvalue weighted by Gasteiger charge is 2.29. The Morgan fingerprint density at radius 3 is 2.57 bits per heavy atom. The summed E-state index contributed by atoms with van der Waals surface area (Å²) < 4.78 is 0. The fraction of sp³-hybridized carbons (Fsp3) is 0.833. The quantitative estimate of drug-likeness (QED) is 0.680. The van der Waals surface area contributed by atoms with Crippen LogP contribution in [0.1, 0.15) is 38.5 Å². The topological polar surface area (TPSA) is 29.3 Å². The van der Waals surface area contributed by atoms with Crippen LogP contribution in [0.25, 0.3) is 0 Å². The van der Waals surface area contributed by atoms with Crippen LogP contribution in [0, 0.1) is 0 Å². The van der Waals surface area contributed by atoms with Gasteiger partial charge in [0.05, 0.1) is 0 Å². The van der Waals surface area contributed by atoms with Gasteiger partial charge >= 0.3 is 0 Å². The highest BCUT2D eigenvalue weighted by molar-refractivity contribution is 4.96. The van der Waals surface area contributed by atoms with Crippen molar-refractivity contribution in [3.8, 4) is 0 Å². The minimum Gasteiger partial charge on any atom is -0.324 e. The van der Waals surface area contributed by atoms with E-state index in [1.807, 2.05) is 0 Å². The summed E-state index contributed by atoms with van der Waals surface area (Å²) >= 11 is 0. The number of nitrogens with zero attached hydrogens (tertiary/aromatic N) is 1. The molecule has 80 valence electrons. The Balaban J connectivity index is 1.85. The largest absolute Gasteiger partial charge is 0.324 e. The molecule has 1 saturated carbocycles. The first-order valence-corrected chi connectivity index (χ1v) is 5.95. The SMILES string of the molecule is NC1(CN2CC=CCC2)CCCCC1. The molecule has 0 unspecified atom stereocenters. The lowest BCUT2D eigenvalue weighted by molar-refractivity contribution is 0.182. The van der Waals surface area contributed by atoms with Gasteiger partial charge in [-0.15, -0.1) is 0 Å². The molecule has 0 radical (unpaired) electrons. The third kappa shape index (κ3) is 2.58. The van der Waals surface area contributed by atoms with Gasteiger partial charge < -0.3 is 5.73 Å². The third-order valence-corrected chi connectivity index (χ3v) is 3.53. The summed E-state index contributed by atoms with van der Waals surface area (Å²) in [5.74, 6) is 0. The molecule has 2 N–H and O–H groups in total. The number of rotatable bonds is 2. The molecule has 0 atom stereocenters. The first-order chi connectivity index (χ1) is 6.79. The van der Waals surface area contributed by atoms with Gasteiger partial charge in [-0.05, 0) is 19.3 Å². The van der Waals surface area contributed by atoms with E-state index < -0.39 is 0 Å². The molecule has 0 saturated heterocycles. The average Bonchev–Trinajstić information content (AvgIpc) is 2.19. The van der Waals surface area contributed by atoms with E-state index in [2.05, 4.69) is 17.1 Å². The molecule has 1 fully saturated rings. The molecule has 2 heteroatoms. The fourth-order valence-corrected chi connectivity index (χ4v) is 2.69. The van der Waals surface area contributed by atoms with E-state index in [1.165, 1.54) is 45.1 Å². The van der Waals surface area contributed by atoms with Crippen molar-refractivity contribution in [2.75, 3.05) is 19.6 Å². The zero-order valence-corrected chi connectivity index (χ0v) is 9.04. The van der Waals surface area contributed by atoms with Crippen LogP contribution < -0.4 is 5.73 Å². The number of nitrogens with two attached hydrogens (primary N) is 1. The van der Waals surface area contributed by atoms with Crippen molar-refractivity contribution >= 4 is 0 Å². The second-order valence-corrected chi connectivity index (χ2v) is 4.92. The molecule has 0 aromatic heterocycles. The fourth-order valence-electron chi connectivity index (χ4n) is 2.69. The summed E-state index contributed by atoms with van der Waals surface area (Å²) in [6.45, 7) is 3.42. The minimum atomic E-state index is 0.128. The zero-order chi connectivity index (χ0) is 9.86. The molecular weight excluding hydrogens is 172 g/mol. The van der Waals surface area contributed by atoms with Gasteiger partial charge in [0.15, 0.2) is 0 Å². The van der Waals surface area contributed by atoms with Crippen molar-refractivity contribution in [3.05, 3.63) is 12.2 Å². The molecule has 0 bridgehead atoms. The summed E-state index contributed by atoms with van der Waals surface area (Å²) in [5.41, 5.74) is 6.55. The Morgan fingerprint density at radius 2 is 1.93 bits per heavy atom. The zero-order valence-electron chi connectivity index (χ0n) is 9.04. The van der Waals surface area contributed by atoms with Crippen molar-refractivity contribution < 1.29 is 0 Å². The smallest absolute Gasteiger partial charge is 0.0283 e. The molecule has 2 aliphatic rings. The number of hydrogen-bond donors (Lipinski definition) is 1. The van der Waals surface area contributed by atoms with Crippen LogP contribution in [0.15, 0.2) is 12.2 Å². The maximum Gasteiger partial charge on any atom is 0.0283 e. The van der Waals surface area contributed by atoms with Crippen molar-refractivity contribution in [2.45, 2.75) is 44.1 Å². The predicted molar refractivity (Wildman–Crippen MR) is 60.2 cm³/mol. The summed E-state index contributed by atoms with van der Waals surface area (Å²) in [5, 5.41) is 0. The van der Waals surface area contributed by atoms with Gasteiger partial charge in [-0.25, -0.2) is 0 Å². The van der Waals surface area contributed by atoms with Gasteiger partial charge in [0.2, 0.25) is 0 Å². The van der Waals surface area contributed by atoms with Crippen molar-refractivity contribution in [3.63, 3.8) is 0 Å². The van der Waals surface area contributed by atoms with Gasteiger partial charge in [-0.1, -0.05) is 31.4 Å². The van der Waals surface area contributed by atoms with Gasteiger partial charge in [0, 0.05) is 25.2 Å². The summed E-state index contributed by atoms with van der Waals surface area (Å²) in [6.07, 6.45) is 12.3. The third-order valence-electron chi connectivity index (χ3n) is 3.53. The molecule has 0 aromatic rings. The Bertz CT molecular complexity index is 204. The molecular formula is C12H22N2. The highest BCUT2D eigenvalue weighted by Crippen LogP contribution is 2.27. The lowest BCUT2D eigenvalue weighted by atomic mass is 9.82. The van der Waals surface area contributed by atoms with Crippen LogP contribution in [0.4, 0.5) is 0 Å². The lowest BCUT2D eigenvalue weighted by Crippen LogP contribution is -2.52. The summed E-state index contributed by atoms with van der Waals surface area (Å²) in [6, 6.07) is 0. The molecule has 14 heavy (non-hydrogen) atoms. The minimum absolute atomic E-state index is 0.128. The lowest BCUT2D eigenvalue weighted by Gasteiger charge is -2.38. The van der Waals surface area contributed by atoms with Crippen LogP contribution in [-0.2, 0) is 0 Å². The molecule has 0 aromatic carbocycles. The van der Waals surface area contributed by atoms with Crippen LogP contribution >= 0.6 is 0 Å². The molecule has 2 rings (SSSR count). The Labute approximate surface area is 87.2 Å². The van der Waals surface area contributed by atoms with Crippen molar-refractivity contribution in [1.29, 1.82) is 0 Å². The van der Waals surface area contributed by atoms with Crippen molar-refractivity contribution in [2.24, 2.45) is 5.73 Å². The second kappa shape index (κ2) is 4.45. The Hall–Kier alpha value is -0.340. The first-order valence-electron chi connectivity index (χ1n) is 5.95. The molecule has 1 heterocycles. The average molecular weight is 194 g/mol. The van der Waals surface area contributed by atoms with E-state index in [0.29, 0.717) is 0 Å². The Morgan fingerprint density at radius 1 is 1.14 bits per heavy atom. The van der Waals surface area contributed by atoms with Gasteiger partial charge in [0.1, 0.15) is 0 Å². The molecule has 0 spiro atoms. The molecule has 2 nitrogen and oxygen atoms in total. The normalized spacial score (nSPS) is 27.8. The summed E-state index contributed by atoms with van der Waals surface area (Å²) in [7, 11) is 0. The van der Waals surface area contributed by atoms with Crippen molar-refractivity contribution in [1.82, 2.24) is 4.90 Å². The van der Waals surface area contributed by atoms with E-state index in [-0.39, 0.29) is 5.54 Å². The molecule has 1 aliphatic carbocycles. The van der Waals surface area contributed by atoms with Crippen LogP contribution in [0.2, 0.25) is 0 Å².